The van der Waals surface area contributed by atoms with Gasteiger partial charge in [0, 0.05) is 31.9 Å². The van der Waals surface area contributed by atoms with Gasteiger partial charge in [-0.05, 0) is 42.9 Å². The third kappa shape index (κ3) is 2.83. The summed E-state index contributed by atoms with van der Waals surface area (Å²) in [6.07, 6.45) is 7.27. The number of rotatable bonds is 5. The fourth-order valence-corrected chi connectivity index (χ4v) is 2.67. The van der Waals surface area contributed by atoms with E-state index in [9.17, 15) is 0 Å². The molecule has 1 aromatic heterocycles. The lowest BCUT2D eigenvalue weighted by Crippen LogP contribution is -2.21. The van der Waals surface area contributed by atoms with E-state index in [1.54, 1.807) is 0 Å². The minimum Gasteiger partial charge on any atom is -0.356 e. The maximum atomic E-state index is 4.53. The average molecular weight is 245 g/mol. The Morgan fingerprint density at radius 1 is 1.39 bits per heavy atom. The maximum absolute atomic E-state index is 4.53. The van der Waals surface area contributed by atoms with Crippen molar-refractivity contribution in [2.24, 2.45) is 5.92 Å². The second-order valence-corrected chi connectivity index (χ2v) is 5.69. The van der Waals surface area contributed by atoms with E-state index in [4.69, 9.17) is 0 Å². The second-order valence-electron chi connectivity index (χ2n) is 5.69. The van der Waals surface area contributed by atoms with Crippen molar-refractivity contribution in [2.75, 3.05) is 18.0 Å². The van der Waals surface area contributed by atoms with Crippen LogP contribution in [0.5, 0.6) is 0 Å². The van der Waals surface area contributed by atoms with Gasteiger partial charge in [-0.2, -0.15) is 0 Å². The summed E-state index contributed by atoms with van der Waals surface area (Å²) in [7, 11) is 0. The van der Waals surface area contributed by atoms with Crippen LogP contribution in [0.3, 0.4) is 0 Å². The highest BCUT2D eigenvalue weighted by atomic mass is 15.2. The molecule has 1 saturated heterocycles. The van der Waals surface area contributed by atoms with E-state index in [1.807, 2.05) is 6.20 Å². The van der Waals surface area contributed by atoms with Crippen LogP contribution in [-0.4, -0.2) is 24.1 Å². The summed E-state index contributed by atoms with van der Waals surface area (Å²) in [5.74, 6) is 2.03. The van der Waals surface area contributed by atoms with Gasteiger partial charge >= 0.3 is 0 Å². The fourth-order valence-electron chi connectivity index (χ4n) is 2.67. The van der Waals surface area contributed by atoms with Crippen molar-refractivity contribution < 1.29 is 0 Å². The van der Waals surface area contributed by atoms with Crippen molar-refractivity contribution in [1.82, 2.24) is 10.3 Å². The zero-order valence-electron chi connectivity index (χ0n) is 11.2. The van der Waals surface area contributed by atoms with Crippen LogP contribution < -0.4 is 10.2 Å². The highest BCUT2D eigenvalue weighted by Gasteiger charge is 2.22. The third-order valence-electron chi connectivity index (χ3n) is 4.17. The molecule has 1 aromatic rings. The zero-order valence-corrected chi connectivity index (χ0v) is 11.2. The molecule has 0 bridgehead atoms. The molecule has 98 valence electrons. The molecule has 2 fully saturated rings. The van der Waals surface area contributed by atoms with Crippen molar-refractivity contribution >= 4 is 5.82 Å². The van der Waals surface area contributed by atoms with Crippen LogP contribution in [-0.2, 0) is 6.54 Å². The Kier molecular flexibility index (Phi) is 3.50. The molecule has 3 nitrogen and oxygen atoms in total. The van der Waals surface area contributed by atoms with Crippen LogP contribution in [0.2, 0.25) is 0 Å². The molecule has 1 unspecified atom stereocenters. The maximum Gasteiger partial charge on any atom is 0.128 e. The summed E-state index contributed by atoms with van der Waals surface area (Å²) in [5, 5.41) is 3.56. The Balaban J connectivity index is 1.62. The molecule has 3 heteroatoms. The van der Waals surface area contributed by atoms with E-state index >= 15 is 0 Å². The first kappa shape index (κ1) is 12.0. The lowest BCUT2D eigenvalue weighted by molar-refractivity contribution is 0.568. The van der Waals surface area contributed by atoms with Crippen LogP contribution in [0.4, 0.5) is 5.82 Å². The predicted molar refractivity (Wildman–Crippen MR) is 74.7 cm³/mol. The van der Waals surface area contributed by atoms with E-state index in [0.717, 1.165) is 18.5 Å². The number of hydrogen-bond acceptors (Lipinski definition) is 3. The minimum absolute atomic E-state index is 0.776. The first-order chi connectivity index (χ1) is 8.85. The summed E-state index contributed by atoms with van der Waals surface area (Å²) >= 11 is 0. The second kappa shape index (κ2) is 5.27. The largest absolute Gasteiger partial charge is 0.356 e. The quantitative estimate of drug-likeness (QED) is 0.864. The van der Waals surface area contributed by atoms with E-state index < -0.39 is 0 Å². The summed E-state index contributed by atoms with van der Waals surface area (Å²) in [5.41, 5.74) is 1.37. The highest BCUT2D eigenvalue weighted by Crippen LogP contribution is 2.25. The van der Waals surface area contributed by atoms with Gasteiger partial charge in [-0.1, -0.05) is 13.3 Å². The van der Waals surface area contributed by atoms with Gasteiger partial charge in [-0.25, -0.2) is 4.98 Å². The average Bonchev–Trinajstić information content (AvgIpc) is 3.12. The van der Waals surface area contributed by atoms with Crippen molar-refractivity contribution in [3.05, 3.63) is 23.9 Å². The molecule has 1 N–H and O–H groups in total. The lowest BCUT2D eigenvalue weighted by Gasteiger charge is -2.18. The number of pyridine rings is 1. The molecular formula is C15H23N3. The van der Waals surface area contributed by atoms with Crippen molar-refractivity contribution in [3.63, 3.8) is 0 Å². The van der Waals surface area contributed by atoms with E-state index in [2.05, 4.69) is 34.3 Å². The molecular weight excluding hydrogens is 222 g/mol. The number of hydrogen-bond donors (Lipinski definition) is 1. The van der Waals surface area contributed by atoms with Gasteiger partial charge in [-0.15, -0.1) is 0 Å². The normalized spacial score (nSPS) is 23.6. The summed E-state index contributed by atoms with van der Waals surface area (Å²) in [6, 6.07) is 5.16. The highest BCUT2D eigenvalue weighted by molar-refractivity contribution is 5.42. The van der Waals surface area contributed by atoms with Crippen molar-refractivity contribution in [3.8, 4) is 0 Å². The van der Waals surface area contributed by atoms with Crippen LogP contribution in [0, 0.1) is 5.92 Å². The van der Waals surface area contributed by atoms with Gasteiger partial charge in [0.15, 0.2) is 0 Å². The van der Waals surface area contributed by atoms with Crippen LogP contribution >= 0.6 is 0 Å². The van der Waals surface area contributed by atoms with Gasteiger partial charge in [0.25, 0.3) is 0 Å². The van der Waals surface area contributed by atoms with Crippen molar-refractivity contribution in [1.29, 1.82) is 0 Å². The molecule has 2 aliphatic rings. The van der Waals surface area contributed by atoms with Crippen LogP contribution in [0.25, 0.3) is 0 Å². The molecule has 1 atom stereocenters. The molecule has 2 heterocycles. The standard InChI is InChI=1S/C15H23N3/c1-2-12-6-8-18(11-12)15-9-13(5-7-16-15)10-17-14-3-4-14/h5,7,9,12,14,17H,2-4,6,8,10-11H2,1H3. The van der Waals surface area contributed by atoms with E-state index in [-0.39, 0.29) is 0 Å². The first-order valence-electron chi connectivity index (χ1n) is 7.28. The minimum atomic E-state index is 0.776. The molecule has 18 heavy (non-hydrogen) atoms. The zero-order chi connectivity index (χ0) is 12.4. The number of aromatic nitrogens is 1. The molecule has 1 saturated carbocycles. The Morgan fingerprint density at radius 2 is 2.28 bits per heavy atom. The molecule has 0 amide bonds. The molecule has 1 aliphatic carbocycles. The van der Waals surface area contributed by atoms with Gasteiger partial charge < -0.3 is 10.2 Å². The van der Waals surface area contributed by atoms with Gasteiger partial charge in [-0.3, -0.25) is 0 Å². The lowest BCUT2D eigenvalue weighted by atomic mass is 10.1. The molecule has 3 rings (SSSR count). The third-order valence-corrected chi connectivity index (χ3v) is 4.17. The molecule has 1 aliphatic heterocycles. The first-order valence-corrected chi connectivity index (χ1v) is 7.28. The Hall–Kier alpha value is -1.09. The molecule has 0 aromatic carbocycles. The van der Waals surface area contributed by atoms with Crippen molar-refractivity contribution in [2.45, 2.75) is 45.2 Å². The molecule has 0 spiro atoms. The number of nitrogens with one attached hydrogen (secondary N) is 1. The monoisotopic (exact) mass is 245 g/mol. The summed E-state index contributed by atoms with van der Waals surface area (Å²) in [4.78, 5) is 6.97. The topological polar surface area (TPSA) is 28.2 Å². The Morgan fingerprint density at radius 3 is 3.00 bits per heavy atom. The number of anilines is 1. The summed E-state index contributed by atoms with van der Waals surface area (Å²) in [6.45, 7) is 5.64. The number of nitrogens with zero attached hydrogens (tertiary/aromatic N) is 2. The van der Waals surface area contributed by atoms with E-state index in [1.165, 1.54) is 50.2 Å². The predicted octanol–water partition coefficient (Wildman–Crippen LogP) is 2.57. The Bertz CT molecular complexity index is 400. The SMILES string of the molecule is CCC1CCN(c2cc(CNC3CC3)ccn2)C1. The summed E-state index contributed by atoms with van der Waals surface area (Å²) < 4.78 is 0. The van der Waals surface area contributed by atoms with Gasteiger partial charge in [0.05, 0.1) is 0 Å². The van der Waals surface area contributed by atoms with Gasteiger partial charge in [0.2, 0.25) is 0 Å². The Labute approximate surface area is 110 Å². The fraction of sp³-hybridized carbons (Fsp3) is 0.667. The van der Waals surface area contributed by atoms with Gasteiger partial charge in [0.1, 0.15) is 5.82 Å². The van der Waals surface area contributed by atoms with E-state index in [0.29, 0.717) is 0 Å². The smallest absolute Gasteiger partial charge is 0.128 e. The van der Waals surface area contributed by atoms with Crippen LogP contribution in [0.1, 0.15) is 38.2 Å². The van der Waals surface area contributed by atoms with Crippen LogP contribution in [0.15, 0.2) is 18.3 Å². The molecule has 0 radical (unpaired) electrons.